The minimum Gasteiger partial charge on any atom is -0.326 e. The predicted molar refractivity (Wildman–Crippen MR) is 87.2 cm³/mol. The summed E-state index contributed by atoms with van der Waals surface area (Å²) in [5, 5.41) is 6.40. The molecule has 0 aliphatic rings. The molecule has 1 amide bonds. The van der Waals surface area contributed by atoms with Crippen LogP contribution in [-0.2, 0) is 4.79 Å². The zero-order chi connectivity index (χ0) is 15.2. The normalized spacial score (nSPS) is 13.5. The Morgan fingerprint density at radius 3 is 2.19 bits per heavy atom. The van der Waals surface area contributed by atoms with Gasteiger partial charge < -0.3 is 10.6 Å². The Morgan fingerprint density at radius 1 is 0.905 bits per heavy atom. The van der Waals surface area contributed by atoms with Gasteiger partial charge in [-0.05, 0) is 37.1 Å². The van der Waals surface area contributed by atoms with Gasteiger partial charge in [-0.2, -0.15) is 0 Å². The molecular formula is C18H22N2O. The molecule has 0 aromatic heterocycles. The number of rotatable bonds is 5. The summed E-state index contributed by atoms with van der Waals surface area (Å²) in [6.45, 7) is 5.81. The number of hydrogen-bond acceptors (Lipinski definition) is 2. The third-order valence-corrected chi connectivity index (χ3v) is 3.51. The molecule has 0 saturated carbocycles. The second kappa shape index (κ2) is 7.04. The molecule has 0 aliphatic carbocycles. The fraction of sp³-hybridized carbons (Fsp3) is 0.278. The number of nitrogens with one attached hydrogen (secondary N) is 2. The molecule has 2 N–H and O–H groups in total. The van der Waals surface area contributed by atoms with Crippen molar-refractivity contribution in [3.8, 4) is 0 Å². The van der Waals surface area contributed by atoms with E-state index in [1.807, 2.05) is 24.3 Å². The first-order valence-electron chi connectivity index (χ1n) is 7.25. The Kier molecular flexibility index (Phi) is 5.12. The molecular weight excluding hydrogens is 260 g/mol. The first-order valence-corrected chi connectivity index (χ1v) is 7.25. The minimum atomic E-state index is -0.0505. The number of anilines is 1. The lowest BCUT2D eigenvalue weighted by atomic mass is 10.0. The van der Waals surface area contributed by atoms with Gasteiger partial charge in [0.25, 0.3) is 0 Å². The Bertz CT molecular complexity index is 595. The fourth-order valence-corrected chi connectivity index (χ4v) is 2.40. The van der Waals surface area contributed by atoms with Crippen LogP contribution in [0.1, 0.15) is 44.0 Å². The van der Waals surface area contributed by atoms with Crippen LogP contribution in [0.5, 0.6) is 0 Å². The van der Waals surface area contributed by atoms with E-state index < -0.39 is 0 Å². The van der Waals surface area contributed by atoms with Crippen LogP contribution < -0.4 is 10.6 Å². The van der Waals surface area contributed by atoms with Crippen molar-refractivity contribution in [3.05, 3.63) is 65.7 Å². The van der Waals surface area contributed by atoms with E-state index in [0.717, 1.165) is 11.3 Å². The van der Waals surface area contributed by atoms with Gasteiger partial charge in [0.15, 0.2) is 0 Å². The van der Waals surface area contributed by atoms with Crippen LogP contribution in [0.2, 0.25) is 0 Å². The van der Waals surface area contributed by atoms with Crippen LogP contribution in [-0.4, -0.2) is 5.91 Å². The number of hydrogen-bond donors (Lipinski definition) is 2. The first kappa shape index (κ1) is 15.3. The van der Waals surface area contributed by atoms with Crippen molar-refractivity contribution in [2.45, 2.75) is 32.9 Å². The van der Waals surface area contributed by atoms with Crippen molar-refractivity contribution >= 4 is 11.6 Å². The van der Waals surface area contributed by atoms with Gasteiger partial charge in [0.2, 0.25) is 5.91 Å². The Morgan fingerprint density at radius 2 is 1.52 bits per heavy atom. The maximum atomic E-state index is 11.1. The van der Waals surface area contributed by atoms with E-state index in [4.69, 9.17) is 0 Å². The summed E-state index contributed by atoms with van der Waals surface area (Å²) in [7, 11) is 0. The van der Waals surface area contributed by atoms with Gasteiger partial charge in [0, 0.05) is 24.7 Å². The number of amides is 1. The molecule has 0 aliphatic heterocycles. The van der Waals surface area contributed by atoms with Crippen molar-refractivity contribution in [2.75, 3.05) is 5.32 Å². The van der Waals surface area contributed by atoms with Gasteiger partial charge in [-0.3, -0.25) is 4.79 Å². The standard InChI is InChI=1S/C18H22N2O/c1-13(16-8-5-4-6-9-16)19-14(2)17-10-7-11-18(12-17)20-15(3)21/h4-14,19H,1-3H3,(H,20,21). The summed E-state index contributed by atoms with van der Waals surface area (Å²) in [5.41, 5.74) is 3.26. The van der Waals surface area contributed by atoms with E-state index in [2.05, 4.69) is 54.8 Å². The maximum absolute atomic E-state index is 11.1. The SMILES string of the molecule is CC(=O)Nc1cccc(C(C)NC(C)c2ccccc2)c1. The summed E-state index contributed by atoms with van der Waals surface area (Å²) in [4.78, 5) is 11.1. The second-order valence-corrected chi connectivity index (χ2v) is 5.33. The molecule has 0 fully saturated rings. The van der Waals surface area contributed by atoms with Gasteiger partial charge in [-0.15, -0.1) is 0 Å². The number of carbonyl (C=O) groups is 1. The molecule has 0 spiro atoms. The van der Waals surface area contributed by atoms with Crippen molar-refractivity contribution in [1.29, 1.82) is 0 Å². The largest absolute Gasteiger partial charge is 0.326 e. The average Bonchev–Trinajstić information content (AvgIpc) is 2.47. The van der Waals surface area contributed by atoms with E-state index in [1.54, 1.807) is 0 Å². The third-order valence-electron chi connectivity index (χ3n) is 3.51. The molecule has 0 radical (unpaired) electrons. The van der Waals surface area contributed by atoms with Gasteiger partial charge in [0.1, 0.15) is 0 Å². The Hall–Kier alpha value is -2.13. The third kappa shape index (κ3) is 4.43. The molecule has 3 heteroatoms. The number of carbonyl (C=O) groups excluding carboxylic acids is 1. The van der Waals surface area contributed by atoms with Gasteiger partial charge in [-0.1, -0.05) is 42.5 Å². The lowest BCUT2D eigenvalue weighted by molar-refractivity contribution is -0.114. The molecule has 0 heterocycles. The highest BCUT2D eigenvalue weighted by Crippen LogP contribution is 2.21. The first-order chi connectivity index (χ1) is 10.1. The van der Waals surface area contributed by atoms with E-state index >= 15 is 0 Å². The summed E-state index contributed by atoms with van der Waals surface area (Å²) >= 11 is 0. The lowest BCUT2D eigenvalue weighted by Gasteiger charge is -2.21. The fourth-order valence-electron chi connectivity index (χ4n) is 2.40. The zero-order valence-corrected chi connectivity index (χ0v) is 12.8. The zero-order valence-electron chi connectivity index (χ0n) is 12.8. The molecule has 2 unspecified atom stereocenters. The van der Waals surface area contributed by atoms with Gasteiger partial charge >= 0.3 is 0 Å². The second-order valence-electron chi connectivity index (χ2n) is 5.33. The molecule has 2 atom stereocenters. The van der Waals surface area contributed by atoms with Crippen molar-refractivity contribution < 1.29 is 4.79 Å². The van der Waals surface area contributed by atoms with Crippen LogP contribution in [0, 0.1) is 0 Å². The smallest absolute Gasteiger partial charge is 0.221 e. The van der Waals surface area contributed by atoms with Gasteiger partial charge in [-0.25, -0.2) is 0 Å². The van der Waals surface area contributed by atoms with Gasteiger partial charge in [0.05, 0.1) is 0 Å². The molecule has 21 heavy (non-hydrogen) atoms. The maximum Gasteiger partial charge on any atom is 0.221 e. The highest BCUT2D eigenvalue weighted by molar-refractivity contribution is 5.88. The van der Waals surface area contributed by atoms with Crippen molar-refractivity contribution in [1.82, 2.24) is 5.32 Å². The van der Waals surface area contributed by atoms with E-state index in [1.165, 1.54) is 12.5 Å². The minimum absolute atomic E-state index is 0.0505. The molecule has 2 aromatic carbocycles. The molecule has 3 nitrogen and oxygen atoms in total. The highest BCUT2D eigenvalue weighted by Gasteiger charge is 2.11. The quantitative estimate of drug-likeness (QED) is 0.868. The van der Waals surface area contributed by atoms with E-state index in [0.29, 0.717) is 0 Å². The van der Waals surface area contributed by atoms with Crippen molar-refractivity contribution in [3.63, 3.8) is 0 Å². The number of benzene rings is 2. The molecule has 2 rings (SSSR count). The van der Waals surface area contributed by atoms with Crippen LogP contribution in [0.3, 0.4) is 0 Å². The van der Waals surface area contributed by atoms with Crippen LogP contribution in [0.15, 0.2) is 54.6 Å². The Balaban J connectivity index is 2.06. The summed E-state index contributed by atoms with van der Waals surface area (Å²) in [6, 6.07) is 18.8. The highest BCUT2D eigenvalue weighted by atomic mass is 16.1. The molecule has 0 bridgehead atoms. The topological polar surface area (TPSA) is 41.1 Å². The van der Waals surface area contributed by atoms with E-state index in [-0.39, 0.29) is 18.0 Å². The summed E-state index contributed by atoms with van der Waals surface area (Å²) < 4.78 is 0. The summed E-state index contributed by atoms with van der Waals surface area (Å²) in [6.07, 6.45) is 0. The van der Waals surface area contributed by atoms with Crippen LogP contribution >= 0.6 is 0 Å². The van der Waals surface area contributed by atoms with Crippen molar-refractivity contribution in [2.24, 2.45) is 0 Å². The molecule has 2 aromatic rings. The summed E-state index contributed by atoms with van der Waals surface area (Å²) in [5.74, 6) is -0.0505. The molecule has 110 valence electrons. The predicted octanol–water partition coefficient (Wildman–Crippen LogP) is 4.06. The van der Waals surface area contributed by atoms with Crippen LogP contribution in [0.4, 0.5) is 5.69 Å². The van der Waals surface area contributed by atoms with E-state index in [9.17, 15) is 4.79 Å². The monoisotopic (exact) mass is 282 g/mol. The molecule has 0 saturated heterocycles. The lowest BCUT2D eigenvalue weighted by Crippen LogP contribution is -2.22. The Labute approximate surface area is 126 Å². The van der Waals surface area contributed by atoms with Crippen LogP contribution in [0.25, 0.3) is 0 Å². The average molecular weight is 282 g/mol.